The molecule has 1 amide bonds. The molecule has 5 nitrogen and oxygen atoms in total. The number of amides is 1. The van der Waals surface area contributed by atoms with Crippen LogP contribution < -0.4 is 5.32 Å². The second-order valence-corrected chi connectivity index (χ2v) is 6.67. The lowest BCUT2D eigenvalue weighted by Crippen LogP contribution is -2.25. The smallest absolute Gasteiger partial charge is 0.251 e. The van der Waals surface area contributed by atoms with Gasteiger partial charge in [-0.1, -0.05) is 17.7 Å². The second kappa shape index (κ2) is 6.97. The van der Waals surface area contributed by atoms with Crippen LogP contribution in [0.25, 0.3) is 5.13 Å². The number of nitrogens with one attached hydrogen (secondary N) is 1. The van der Waals surface area contributed by atoms with E-state index in [4.69, 9.17) is 0 Å². The number of hydrogen-bond acceptors (Lipinski definition) is 4. The van der Waals surface area contributed by atoms with Gasteiger partial charge in [-0.25, -0.2) is 9.67 Å². The minimum atomic E-state index is -0.0484. The highest BCUT2D eigenvalue weighted by Gasteiger charge is 2.09. The first-order valence-electron chi connectivity index (χ1n) is 7.86. The number of benzene rings is 1. The molecule has 0 fully saturated rings. The molecule has 0 aliphatic carbocycles. The van der Waals surface area contributed by atoms with E-state index in [-0.39, 0.29) is 5.91 Å². The average molecular weight is 340 g/mol. The lowest BCUT2D eigenvalue weighted by atomic mass is 10.1. The zero-order chi connectivity index (χ0) is 17.1. The van der Waals surface area contributed by atoms with Crippen molar-refractivity contribution in [2.24, 2.45) is 0 Å². The first-order valence-corrected chi connectivity index (χ1v) is 8.74. The van der Waals surface area contributed by atoms with Gasteiger partial charge in [0, 0.05) is 29.6 Å². The molecule has 3 aromatic rings. The number of hydrogen-bond donors (Lipinski definition) is 1. The fourth-order valence-corrected chi connectivity index (χ4v) is 3.39. The summed E-state index contributed by atoms with van der Waals surface area (Å²) in [6.07, 6.45) is 0.702. The molecule has 0 aliphatic heterocycles. The third-order valence-electron chi connectivity index (χ3n) is 3.68. The van der Waals surface area contributed by atoms with Crippen molar-refractivity contribution in [2.75, 3.05) is 6.54 Å². The zero-order valence-corrected chi connectivity index (χ0v) is 14.9. The van der Waals surface area contributed by atoms with Gasteiger partial charge in [-0.2, -0.15) is 5.10 Å². The van der Waals surface area contributed by atoms with Crippen LogP contribution >= 0.6 is 11.3 Å². The summed E-state index contributed by atoms with van der Waals surface area (Å²) in [6, 6.07) is 9.62. The van der Waals surface area contributed by atoms with Crippen LogP contribution in [0.15, 0.2) is 35.7 Å². The van der Waals surface area contributed by atoms with E-state index in [1.165, 1.54) is 0 Å². The van der Waals surface area contributed by atoms with E-state index in [1.807, 2.05) is 61.2 Å². The average Bonchev–Trinajstić information content (AvgIpc) is 3.13. The first kappa shape index (κ1) is 16.4. The van der Waals surface area contributed by atoms with E-state index in [1.54, 1.807) is 11.3 Å². The molecular weight excluding hydrogens is 320 g/mol. The van der Waals surface area contributed by atoms with Crippen LogP contribution in [0.4, 0.5) is 0 Å². The Hall–Kier alpha value is -2.47. The summed E-state index contributed by atoms with van der Waals surface area (Å²) in [5.41, 5.74) is 4.79. The van der Waals surface area contributed by atoms with Crippen molar-refractivity contribution < 1.29 is 4.79 Å². The number of nitrogens with zero attached hydrogens (tertiary/aromatic N) is 3. The summed E-state index contributed by atoms with van der Waals surface area (Å²) in [5, 5.41) is 10.3. The molecule has 0 atom stereocenters. The van der Waals surface area contributed by atoms with Crippen molar-refractivity contribution in [3.63, 3.8) is 0 Å². The predicted molar refractivity (Wildman–Crippen MR) is 95.9 cm³/mol. The van der Waals surface area contributed by atoms with Gasteiger partial charge >= 0.3 is 0 Å². The Morgan fingerprint density at radius 2 is 2.08 bits per heavy atom. The van der Waals surface area contributed by atoms with Crippen LogP contribution in [0.5, 0.6) is 0 Å². The summed E-state index contributed by atoms with van der Waals surface area (Å²) < 4.78 is 1.86. The van der Waals surface area contributed by atoms with Gasteiger partial charge in [0.2, 0.25) is 5.13 Å². The first-order chi connectivity index (χ1) is 11.5. The molecule has 0 aliphatic rings. The van der Waals surface area contributed by atoms with E-state index in [9.17, 15) is 4.79 Å². The zero-order valence-electron chi connectivity index (χ0n) is 14.0. The Morgan fingerprint density at radius 1 is 1.25 bits per heavy atom. The molecule has 124 valence electrons. The van der Waals surface area contributed by atoms with Gasteiger partial charge in [0.25, 0.3) is 5.91 Å². The van der Waals surface area contributed by atoms with E-state index in [2.05, 4.69) is 15.4 Å². The number of rotatable bonds is 5. The van der Waals surface area contributed by atoms with Crippen molar-refractivity contribution in [1.29, 1.82) is 0 Å². The van der Waals surface area contributed by atoms with Crippen LogP contribution in [0.1, 0.15) is 33.0 Å². The number of thiazole rings is 1. The predicted octanol–water partition coefficient (Wildman–Crippen LogP) is 3.23. The summed E-state index contributed by atoms with van der Waals surface area (Å²) in [7, 11) is 0. The Bertz CT molecular complexity index is 866. The van der Waals surface area contributed by atoms with Gasteiger partial charge in [-0.3, -0.25) is 4.79 Å². The second-order valence-electron chi connectivity index (χ2n) is 5.84. The molecule has 1 N–H and O–H groups in total. The van der Waals surface area contributed by atoms with Crippen molar-refractivity contribution >= 4 is 17.2 Å². The van der Waals surface area contributed by atoms with Crippen molar-refractivity contribution in [1.82, 2.24) is 20.1 Å². The highest BCUT2D eigenvalue weighted by atomic mass is 32.1. The van der Waals surface area contributed by atoms with Gasteiger partial charge in [0.15, 0.2) is 0 Å². The maximum Gasteiger partial charge on any atom is 0.251 e. The summed E-state index contributed by atoms with van der Waals surface area (Å²) in [4.78, 5) is 16.7. The van der Waals surface area contributed by atoms with Crippen LogP contribution in [0.2, 0.25) is 0 Å². The van der Waals surface area contributed by atoms with Crippen molar-refractivity contribution in [3.8, 4) is 5.13 Å². The van der Waals surface area contributed by atoms with E-state index in [0.29, 0.717) is 18.5 Å². The van der Waals surface area contributed by atoms with Crippen LogP contribution in [0.3, 0.4) is 0 Å². The van der Waals surface area contributed by atoms with Crippen LogP contribution in [-0.2, 0) is 6.42 Å². The lowest BCUT2D eigenvalue weighted by molar-refractivity contribution is 0.0954. The van der Waals surface area contributed by atoms with Gasteiger partial charge < -0.3 is 5.32 Å². The summed E-state index contributed by atoms with van der Waals surface area (Å²) >= 11 is 1.56. The molecule has 0 spiro atoms. The highest BCUT2D eigenvalue weighted by molar-refractivity contribution is 7.12. The van der Waals surface area contributed by atoms with Gasteiger partial charge in [-0.15, -0.1) is 11.3 Å². The van der Waals surface area contributed by atoms with Gasteiger partial charge in [0.05, 0.1) is 11.4 Å². The van der Waals surface area contributed by atoms with E-state index < -0.39 is 0 Å². The maximum atomic E-state index is 12.1. The molecule has 3 rings (SSSR count). The molecule has 2 heterocycles. The normalized spacial score (nSPS) is 10.8. The highest BCUT2D eigenvalue weighted by Crippen LogP contribution is 2.17. The molecule has 1 aromatic carbocycles. The molecule has 2 aromatic heterocycles. The van der Waals surface area contributed by atoms with Crippen LogP contribution in [0, 0.1) is 20.8 Å². The maximum absolute atomic E-state index is 12.1. The monoisotopic (exact) mass is 340 g/mol. The fraction of sp³-hybridized carbons (Fsp3) is 0.278. The number of carbonyl (C=O) groups is 1. The lowest BCUT2D eigenvalue weighted by Gasteiger charge is -2.04. The van der Waals surface area contributed by atoms with Gasteiger partial charge in [0.1, 0.15) is 0 Å². The summed E-state index contributed by atoms with van der Waals surface area (Å²) in [6.45, 7) is 6.53. The Morgan fingerprint density at radius 3 is 2.79 bits per heavy atom. The Balaban J connectivity index is 1.58. The molecule has 0 saturated heterocycles. The largest absolute Gasteiger partial charge is 0.352 e. The standard InChI is InChI=1S/C18H20N4OS/c1-12-5-4-6-15(9-12)17(23)19-8-7-16-11-24-18(20-16)22-14(3)10-13(2)21-22/h4-6,9-11H,7-8H2,1-3H3,(H,19,23). The number of aryl methyl sites for hydroxylation is 3. The third kappa shape index (κ3) is 3.71. The van der Waals surface area contributed by atoms with Crippen LogP contribution in [-0.4, -0.2) is 27.2 Å². The minimum absolute atomic E-state index is 0.0484. The fourth-order valence-electron chi connectivity index (χ4n) is 2.52. The molecule has 0 radical (unpaired) electrons. The molecule has 0 saturated carbocycles. The molecule has 0 unspecified atom stereocenters. The molecular formula is C18H20N4OS. The Labute approximate surface area is 145 Å². The van der Waals surface area contributed by atoms with E-state index in [0.717, 1.165) is 27.8 Å². The third-order valence-corrected chi connectivity index (χ3v) is 4.54. The van der Waals surface area contributed by atoms with Crippen molar-refractivity contribution in [2.45, 2.75) is 27.2 Å². The molecule has 0 bridgehead atoms. The number of carbonyl (C=O) groups excluding carboxylic acids is 1. The SMILES string of the molecule is Cc1cccc(C(=O)NCCc2csc(-n3nc(C)cc3C)n2)c1. The number of aromatic nitrogens is 3. The van der Waals surface area contributed by atoms with Gasteiger partial charge in [-0.05, 0) is 39.0 Å². The van der Waals surface area contributed by atoms with Crippen molar-refractivity contribution in [3.05, 3.63) is 63.9 Å². The van der Waals surface area contributed by atoms with E-state index >= 15 is 0 Å². The minimum Gasteiger partial charge on any atom is -0.352 e. The molecule has 6 heteroatoms. The Kier molecular flexibility index (Phi) is 4.76. The summed E-state index contributed by atoms with van der Waals surface area (Å²) in [5.74, 6) is -0.0484. The topological polar surface area (TPSA) is 59.8 Å². The quantitative estimate of drug-likeness (QED) is 0.776. The molecule has 24 heavy (non-hydrogen) atoms.